The predicted octanol–water partition coefficient (Wildman–Crippen LogP) is -0.212. The van der Waals surface area contributed by atoms with Crippen LogP contribution in [0.15, 0.2) is 29.5 Å². The standard InChI is InChI=1S/C11H16N6O/c1-15(2)10-5-11(18)17(14-7-10)4-3-16-8-9(12)6-13-16/h5-8H,3-4,12H2,1-2H3. The fourth-order valence-electron chi connectivity index (χ4n) is 1.54. The average molecular weight is 248 g/mol. The van der Waals surface area contributed by atoms with Crippen molar-refractivity contribution >= 4 is 11.4 Å². The lowest BCUT2D eigenvalue weighted by Crippen LogP contribution is -2.26. The van der Waals surface area contributed by atoms with Crippen molar-refractivity contribution in [3.05, 3.63) is 35.0 Å². The highest BCUT2D eigenvalue weighted by Gasteiger charge is 2.02. The van der Waals surface area contributed by atoms with E-state index in [9.17, 15) is 4.79 Å². The number of aromatic nitrogens is 4. The van der Waals surface area contributed by atoms with Gasteiger partial charge in [-0.15, -0.1) is 0 Å². The van der Waals surface area contributed by atoms with Crippen LogP contribution < -0.4 is 16.2 Å². The van der Waals surface area contributed by atoms with Crippen molar-refractivity contribution in [3.63, 3.8) is 0 Å². The third kappa shape index (κ3) is 2.68. The molecule has 2 aromatic heterocycles. The summed E-state index contributed by atoms with van der Waals surface area (Å²) in [6.45, 7) is 1.03. The second-order valence-electron chi connectivity index (χ2n) is 4.21. The third-order valence-electron chi connectivity index (χ3n) is 2.57. The van der Waals surface area contributed by atoms with Crippen LogP contribution in [0.1, 0.15) is 0 Å². The maximum Gasteiger partial charge on any atom is 0.268 e. The summed E-state index contributed by atoms with van der Waals surface area (Å²) in [5, 5.41) is 8.16. The predicted molar refractivity (Wildman–Crippen MR) is 69.5 cm³/mol. The number of nitrogen functional groups attached to an aromatic ring is 1. The van der Waals surface area contributed by atoms with E-state index in [0.29, 0.717) is 18.8 Å². The van der Waals surface area contributed by atoms with Crippen LogP contribution in [-0.4, -0.2) is 33.7 Å². The number of anilines is 2. The van der Waals surface area contributed by atoms with Crippen LogP contribution in [0.3, 0.4) is 0 Å². The fraction of sp³-hybridized carbons (Fsp3) is 0.364. The van der Waals surface area contributed by atoms with E-state index >= 15 is 0 Å². The zero-order chi connectivity index (χ0) is 13.1. The number of nitrogens with zero attached hydrogens (tertiary/aromatic N) is 5. The molecule has 96 valence electrons. The summed E-state index contributed by atoms with van der Waals surface area (Å²) in [6.07, 6.45) is 4.96. The molecule has 2 rings (SSSR count). The molecule has 0 spiro atoms. The minimum absolute atomic E-state index is 0.124. The normalized spacial score (nSPS) is 10.6. The molecule has 0 unspecified atom stereocenters. The monoisotopic (exact) mass is 248 g/mol. The van der Waals surface area contributed by atoms with E-state index in [4.69, 9.17) is 5.73 Å². The molecule has 0 saturated carbocycles. The maximum absolute atomic E-state index is 11.8. The Kier molecular flexibility index (Phi) is 3.31. The molecular weight excluding hydrogens is 232 g/mol. The summed E-state index contributed by atoms with van der Waals surface area (Å²) in [5.41, 5.74) is 6.83. The van der Waals surface area contributed by atoms with E-state index in [2.05, 4.69) is 10.2 Å². The number of hydrogen-bond donors (Lipinski definition) is 1. The van der Waals surface area contributed by atoms with Crippen molar-refractivity contribution in [1.82, 2.24) is 19.6 Å². The Morgan fingerprint density at radius 1 is 1.28 bits per heavy atom. The van der Waals surface area contributed by atoms with Crippen LogP contribution in [0, 0.1) is 0 Å². The molecule has 0 atom stereocenters. The molecule has 18 heavy (non-hydrogen) atoms. The third-order valence-corrected chi connectivity index (χ3v) is 2.57. The van der Waals surface area contributed by atoms with Gasteiger partial charge in [0, 0.05) is 26.4 Å². The first-order valence-corrected chi connectivity index (χ1v) is 5.58. The molecule has 2 heterocycles. The molecule has 0 aromatic carbocycles. The van der Waals surface area contributed by atoms with Crippen molar-refractivity contribution in [2.75, 3.05) is 24.7 Å². The van der Waals surface area contributed by atoms with Crippen LogP contribution in [0.2, 0.25) is 0 Å². The number of nitrogens with two attached hydrogens (primary N) is 1. The molecule has 7 nitrogen and oxygen atoms in total. The van der Waals surface area contributed by atoms with E-state index in [1.165, 1.54) is 4.68 Å². The summed E-state index contributed by atoms with van der Waals surface area (Å²) in [6, 6.07) is 1.56. The molecule has 0 aliphatic rings. The molecule has 0 radical (unpaired) electrons. The largest absolute Gasteiger partial charge is 0.396 e. The molecule has 0 aliphatic carbocycles. The first-order chi connectivity index (χ1) is 8.56. The average Bonchev–Trinajstić information content (AvgIpc) is 2.73. The Hall–Kier alpha value is -2.31. The van der Waals surface area contributed by atoms with Crippen molar-refractivity contribution in [2.45, 2.75) is 13.1 Å². The second kappa shape index (κ2) is 4.91. The summed E-state index contributed by atoms with van der Waals surface area (Å²) in [7, 11) is 3.74. The minimum Gasteiger partial charge on any atom is -0.396 e. The van der Waals surface area contributed by atoms with E-state index < -0.39 is 0 Å². The van der Waals surface area contributed by atoms with Crippen LogP contribution in [0.25, 0.3) is 0 Å². The number of rotatable bonds is 4. The first kappa shape index (κ1) is 12.2. The van der Waals surface area contributed by atoms with Gasteiger partial charge < -0.3 is 10.6 Å². The van der Waals surface area contributed by atoms with Crippen LogP contribution >= 0.6 is 0 Å². The Morgan fingerprint density at radius 2 is 2.06 bits per heavy atom. The Balaban J connectivity index is 2.08. The topological polar surface area (TPSA) is 82.0 Å². The lowest BCUT2D eigenvalue weighted by Gasteiger charge is -2.12. The Morgan fingerprint density at radius 3 is 2.61 bits per heavy atom. The van der Waals surface area contributed by atoms with Gasteiger partial charge in [0.1, 0.15) is 0 Å². The summed E-state index contributed by atoms with van der Waals surface area (Å²) < 4.78 is 3.09. The van der Waals surface area contributed by atoms with Gasteiger partial charge in [0.25, 0.3) is 5.56 Å². The zero-order valence-corrected chi connectivity index (χ0v) is 10.4. The van der Waals surface area contributed by atoms with E-state index in [-0.39, 0.29) is 5.56 Å². The van der Waals surface area contributed by atoms with Gasteiger partial charge in [-0.1, -0.05) is 0 Å². The molecule has 7 heteroatoms. The molecule has 0 saturated heterocycles. The second-order valence-corrected chi connectivity index (χ2v) is 4.21. The van der Waals surface area contributed by atoms with Crippen molar-refractivity contribution < 1.29 is 0 Å². The van der Waals surface area contributed by atoms with Gasteiger partial charge in [-0.3, -0.25) is 9.48 Å². The van der Waals surface area contributed by atoms with Crippen LogP contribution in [0.4, 0.5) is 11.4 Å². The molecule has 0 bridgehead atoms. The minimum atomic E-state index is -0.124. The highest BCUT2D eigenvalue weighted by Crippen LogP contribution is 2.03. The summed E-state index contributed by atoms with van der Waals surface area (Å²) >= 11 is 0. The quantitative estimate of drug-likeness (QED) is 0.809. The smallest absolute Gasteiger partial charge is 0.268 e. The van der Waals surface area contributed by atoms with E-state index in [1.54, 1.807) is 29.3 Å². The van der Waals surface area contributed by atoms with Gasteiger partial charge in [0.05, 0.1) is 36.9 Å². The summed E-state index contributed by atoms with van der Waals surface area (Å²) in [4.78, 5) is 13.6. The first-order valence-electron chi connectivity index (χ1n) is 5.58. The lowest BCUT2D eigenvalue weighted by atomic mass is 10.4. The van der Waals surface area contributed by atoms with Gasteiger partial charge in [-0.2, -0.15) is 10.2 Å². The number of aryl methyl sites for hydroxylation is 2. The fourth-order valence-corrected chi connectivity index (χ4v) is 1.54. The highest BCUT2D eigenvalue weighted by molar-refractivity contribution is 5.40. The number of hydrogen-bond acceptors (Lipinski definition) is 5. The van der Waals surface area contributed by atoms with Gasteiger partial charge in [0.2, 0.25) is 0 Å². The molecule has 0 aliphatic heterocycles. The Bertz CT molecular complexity index is 585. The SMILES string of the molecule is CN(C)c1cnn(CCn2cc(N)cn2)c(=O)c1. The van der Waals surface area contributed by atoms with Gasteiger partial charge in [-0.25, -0.2) is 4.68 Å². The molecular formula is C11H16N6O. The van der Waals surface area contributed by atoms with Gasteiger partial charge >= 0.3 is 0 Å². The zero-order valence-electron chi connectivity index (χ0n) is 10.4. The molecule has 0 fully saturated rings. The Labute approximate surface area is 104 Å². The lowest BCUT2D eigenvalue weighted by molar-refractivity contribution is 0.482. The van der Waals surface area contributed by atoms with Crippen molar-refractivity contribution in [3.8, 4) is 0 Å². The van der Waals surface area contributed by atoms with Crippen molar-refractivity contribution in [1.29, 1.82) is 0 Å². The van der Waals surface area contributed by atoms with Crippen molar-refractivity contribution in [2.24, 2.45) is 0 Å². The van der Waals surface area contributed by atoms with E-state index in [0.717, 1.165) is 5.69 Å². The molecule has 2 aromatic rings. The van der Waals surface area contributed by atoms with Crippen LogP contribution in [0.5, 0.6) is 0 Å². The van der Waals surface area contributed by atoms with Crippen LogP contribution in [-0.2, 0) is 13.1 Å². The summed E-state index contributed by atoms with van der Waals surface area (Å²) in [5.74, 6) is 0. The molecule has 2 N–H and O–H groups in total. The highest BCUT2D eigenvalue weighted by atomic mass is 16.1. The maximum atomic E-state index is 11.8. The van der Waals surface area contributed by atoms with E-state index in [1.807, 2.05) is 19.0 Å². The van der Waals surface area contributed by atoms with Gasteiger partial charge in [0.15, 0.2) is 0 Å². The molecule has 0 amide bonds. The van der Waals surface area contributed by atoms with Gasteiger partial charge in [-0.05, 0) is 0 Å².